The Bertz CT molecular complexity index is 298. The first-order valence-electron chi connectivity index (χ1n) is 4.51. The number of nitrogens with two attached hydrogens (primary N) is 1. The second-order valence-electron chi connectivity index (χ2n) is 4.23. The van der Waals surface area contributed by atoms with Gasteiger partial charge < -0.3 is 15.5 Å². The van der Waals surface area contributed by atoms with Crippen LogP contribution >= 0.6 is 0 Å². The minimum atomic E-state index is -0.732. The number of nitrogens with one attached hydrogen (secondary N) is 1. The van der Waals surface area contributed by atoms with Crippen molar-refractivity contribution in [3.8, 4) is 0 Å². The monoisotopic (exact) mass is 196 g/mol. The van der Waals surface area contributed by atoms with Crippen molar-refractivity contribution in [2.45, 2.75) is 32.4 Å². The van der Waals surface area contributed by atoms with Gasteiger partial charge in [0.25, 0.3) is 0 Å². The van der Waals surface area contributed by atoms with E-state index >= 15 is 0 Å². The van der Waals surface area contributed by atoms with E-state index in [2.05, 4.69) is 5.32 Å². The highest BCUT2D eigenvalue weighted by atomic mass is 16.3. The molecule has 78 valence electrons. The highest BCUT2D eigenvalue weighted by Gasteiger charge is 2.22. The van der Waals surface area contributed by atoms with E-state index in [0.29, 0.717) is 5.76 Å². The molecule has 0 aliphatic carbocycles. The zero-order valence-electron chi connectivity index (χ0n) is 8.70. The van der Waals surface area contributed by atoms with E-state index in [9.17, 15) is 4.79 Å². The third-order valence-electron chi connectivity index (χ3n) is 1.63. The van der Waals surface area contributed by atoms with E-state index in [1.54, 1.807) is 12.1 Å². The molecular weight excluding hydrogens is 180 g/mol. The van der Waals surface area contributed by atoms with Crippen molar-refractivity contribution in [1.29, 1.82) is 0 Å². The van der Waals surface area contributed by atoms with Crippen molar-refractivity contribution >= 4 is 5.91 Å². The fourth-order valence-corrected chi connectivity index (χ4v) is 1.04. The van der Waals surface area contributed by atoms with Gasteiger partial charge >= 0.3 is 0 Å². The van der Waals surface area contributed by atoms with Crippen molar-refractivity contribution in [2.24, 2.45) is 5.73 Å². The Kier molecular flexibility index (Phi) is 2.96. The van der Waals surface area contributed by atoms with Crippen molar-refractivity contribution in [2.75, 3.05) is 0 Å². The molecule has 14 heavy (non-hydrogen) atoms. The average molecular weight is 196 g/mol. The molecule has 1 rings (SSSR count). The maximum atomic E-state index is 11.6. The second kappa shape index (κ2) is 3.84. The zero-order valence-corrected chi connectivity index (χ0v) is 8.70. The molecule has 1 amide bonds. The van der Waals surface area contributed by atoms with Crippen molar-refractivity contribution in [3.63, 3.8) is 0 Å². The van der Waals surface area contributed by atoms with Gasteiger partial charge in [0.1, 0.15) is 11.8 Å². The van der Waals surface area contributed by atoms with Crippen LogP contribution < -0.4 is 11.1 Å². The largest absolute Gasteiger partial charge is 0.467 e. The van der Waals surface area contributed by atoms with Gasteiger partial charge in [-0.1, -0.05) is 0 Å². The Labute approximate surface area is 83.5 Å². The molecule has 3 N–H and O–H groups in total. The Morgan fingerprint density at radius 1 is 1.57 bits per heavy atom. The molecule has 0 bridgehead atoms. The van der Waals surface area contributed by atoms with Crippen LogP contribution in [0.2, 0.25) is 0 Å². The Hall–Kier alpha value is -1.29. The normalized spacial score (nSPS) is 13.7. The maximum absolute atomic E-state index is 11.6. The SMILES string of the molecule is CC(C)(C)NC(=O)[C@@H](N)c1ccco1. The van der Waals surface area contributed by atoms with Crippen LogP contribution in [0.25, 0.3) is 0 Å². The minimum Gasteiger partial charge on any atom is -0.467 e. The lowest BCUT2D eigenvalue weighted by Crippen LogP contribution is -2.45. The van der Waals surface area contributed by atoms with E-state index < -0.39 is 6.04 Å². The number of carbonyl (C=O) groups excluding carboxylic acids is 1. The molecule has 0 fully saturated rings. The molecule has 4 heteroatoms. The molecule has 0 aliphatic rings. The molecule has 1 heterocycles. The summed E-state index contributed by atoms with van der Waals surface area (Å²) in [7, 11) is 0. The summed E-state index contributed by atoms with van der Waals surface area (Å²) in [6.45, 7) is 5.71. The predicted octanol–water partition coefficient (Wildman–Crippen LogP) is 1.19. The summed E-state index contributed by atoms with van der Waals surface area (Å²) in [6.07, 6.45) is 1.50. The van der Waals surface area contributed by atoms with Crippen molar-refractivity contribution < 1.29 is 9.21 Å². The number of carbonyl (C=O) groups is 1. The summed E-state index contributed by atoms with van der Waals surface area (Å²) in [5.74, 6) is 0.249. The Morgan fingerprint density at radius 2 is 2.21 bits per heavy atom. The molecule has 0 radical (unpaired) electrons. The number of amides is 1. The molecule has 0 saturated heterocycles. The van der Waals surface area contributed by atoms with Crippen LogP contribution in [0.15, 0.2) is 22.8 Å². The van der Waals surface area contributed by atoms with E-state index in [1.165, 1.54) is 6.26 Å². The predicted molar refractivity (Wildman–Crippen MR) is 53.5 cm³/mol. The van der Waals surface area contributed by atoms with Gasteiger partial charge in [0.2, 0.25) is 5.91 Å². The van der Waals surface area contributed by atoms with Crippen LogP contribution in [-0.4, -0.2) is 11.4 Å². The number of furan rings is 1. The number of hydrogen-bond donors (Lipinski definition) is 2. The van der Waals surface area contributed by atoms with Gasteiger partial charge in [-0.25, -0.2) is 0 Å². The van der Waals surface area contributed by atoms with Gasteiger partial charge in [-0.05, 0) is 32.9 Å². The summed E-state index contributed by atoms with van der Waals surface area (Å²) in [4.78, 5) is 11.6. The van der Waals surface area contributed by atoms with E-state index in [-0.39, 0.29) is 11.4 Å². The third kappa shape index (κ3) is 2.88. The first-order chi connectivity index (χ1) is 6.40. The van der Waals surface area contributed by atoms with Gasteiger partial charge in [-0.3, -0.25) is 4.79 Å². The van der Waals surface area contributed by atoms with E-state index in [4.69, 9.17) is 10.2 Å². The molecule has 4 nitrogen and oxygen atoms in total. The Balaban J connectivity index is 2.63. The van der Waals surface area contributed by atoms with Gasteiger partial charge in [0.15, 0.2) is 0 Å². The first-order valence-corrected chi connectivity index (χ1v) is 4.51. The molecule has 1 aromatic rings. The second-order valence-corrected chi connectivity index (χ2v) is 4.23. The number of hydrogen-bond acceptors (Lipinski definition) is 3. The molecule has 1 atom stereocenters. The van der Waals surface area contributed by atoms with Crippen LogP contribution in [0.1, 0.15) is 32.6 Å². The minimum absolute atomic E-state index is 0.229. The van der Waals surface area contributed by atoms with Crippen LogP contribution in [0.5, 0.6) is 0 Å². The third-order valence-corrected chi connectivity index (χ3v) is 1.63. The highest BCUT2D eigenvalue weighted by molar-refractivity contribution is 5.82. The maximum Gasteiger partial charge on any atom is 0.245 e. The molecular formula is C10H16N2O2. The standard InChI is InChI=1S/C10H16N2O2/c1-10(2,3)12-9(13)8(11)7-5-4-6-14-7/h4-6,8H,11H2,1-3H3,(H,12,13)/t8-/m0/s1. The van der Waals surface area contributed by atoms with Crippen molar-refractivity contribution in [1.82, 2.24) is 5.32 Å². The molecule has 0 aromatic carbocycles. The average Bonchev–Trinajstić information content (AvgIpc) is 2.51. The quantitative estimate of drug-likeness (QED) is 0.746. The van der Waals surface area contributed by atoms with Gasteiger partial charge in [-0.2, -0.15) is 0 Å². The lowest BCUT2D eigenvalue weighted by molar-refractivity contribution is -0.124. The zero-order chi connectivity index (χ0) is 10.8. The highest BCUT2D eigenvalue weighted by Crippen LogP contribution is 2.12. The van der Waals surface area contributed by atoms with Gasteiger partial charge in [0, 0.05) is 5.54 Å². The fraction of sp³-hybridized carbons (Fsp3) is 0.500. The van der Waals surface area contributed by atoms with Crippen LogP contribution in [0.3, 0.4) is 0 Å². The molecule has 0 unspecified atom stereocenters. The van der Waals surface area contributed by atoms with Crippen molar-refractivity contribution in [3.05, 3.63) is 24.2 Å². The fourth-order valence-electron chi connectivity index (χ4n) is 1.04. The summed E-state index contributed by atoms with van der Waals surface area (Å²) < 4.78 is 5.05. The molecule has 0 aliphatic heterocycles. The lowest BCUT2D eigenvalue weighted by atomic mass is 10.1. The molecule has 1 aromatic heterocycles. The van der Waals surface area contributed by atoms with E-state index in [0.717, 1.165) is 0 Å². The lowest BCUT2D eigenvalue weighted by Gasteiger charge is -2.22. The van der Waals surface area contributed by atoms with Crippen LogP contribution in [0.4, 0.5) is 0 Å². The molecule has 0 saturated carbocycles. The summed E-state index contributed by atoms with van der Waals surface area (Å²) >= 11 is 0. The summed E-state index contributed by atoms with van der Waals surface area (Å²) in [5.41, 5.74) is 5.41. The molecule has 0 spiro atoms. The topological polar surface area (TPSA) is 68.3 Å². The van der Waals surface area contributed by atoms with Gasteiger partial charge in [0.05, 0.1) is 6.26 Å². The van der Waals surface area contributed by atoms with Gasteiger partial charge in [-0.15, -0.1) is 0 Å². The Morgan fingerprint density at radius 3 is 2.64 bits per heavy atom. The summed E-state index contributed by atoms with van der Waals surface area (Å²) in [6, 6.07) is 2.66. The van der Waals surface area contributed by atoms with Crippen LogP contribution in [0, 0.1) is 0 Å². The first kappa shape index (κ1) is 10.8. The number of rotatable bonds is 2. The summed E-state index contributed by atoms with van der Waals surface area (Å²) in [5, 5.41) is 2.78. The van der Waals surface area contributed by atoms with E-state index in [1.807, 2.05) is 20.8 Å². The smallest absolute Gasteiger partial charge is 0.245 e. The van der Waals surface area contributed by atoms with Crippen LogP contribution in [-0.2, 0) is 4.79 Å².